The third-order valence-corrected chi connectivity index (χ3v) is 3.63. The van der Waals surface area contributed by atoms with Crippen LogP contribution in [0.4, 0.5) is 13.2 Å². The van der Waals surface area contributed by atoms with E-state index in [0.717, 1.165) is 0 Å². The average molecular weight is 345 g/mol. The molecule has 0 bridgehead atoms. The zero-order chi connectivity index (χ0) is 14.9. The molecule has 1 aromatic carbocycles. The van der Waals surface area contributed by atoms with Crippen LogP contribution >= 0.6 is 24.0 Å². The van der Waals surface area contributed by atoms with E-state index in [1.54, 1.807) is 0 Å². The summed E-state index contributed by atoms with van der Waals surface area (Å²) in [4.78, 5) is 1.32. The molecule has 0 aliphatic carbocycles. The fourth-order valence-electron chi connectivity index (χ4n) is 2.49. The van der Waals surface area contributed by atoms with Crippen molar-refractivity contribution >= 4 is 24.0 Å². The summed E-state index contributed by atoms with van der Waals surface area (Å²) in [6.45, 7) is 3.07. The molecule has 0 unspecified atom stereocenters. The topological polar surface area (TPSA) is 35.5 Å². The lowest BCUT2D eigenvalue weighted by Crippen LogP contribution is -2.49. The molecule has 0 spiro atoms. The summed E-state index contributed by atoms with van der Waals surface area (Å²) in [6.07, 6.45) is -4.47. The monoisotopic (exact) mass is 344 g/mol. The van der Waals surface area contributed by atoms with Gasteiger partial charge in [-0.3, -0.25) is 4.90 Å². The molecule has 0 amide bonds. The van der Waals surface area contributed by atoms with Crippen LogP contribution in [-0.4, -0.2) is 42.4 Å². The van der Waals surface area contributed by atoms with E-state index in [0.29, 0.717) is 18.7 Å². The van der Waals surface area contributed by atoms with E-state index in [4.69, 9.17) is 11.6 Å². The van der Waals surface area contributed by atoms with Gasteiger partial charge in [-0.15, -0.1) is 12.4 Å². The van der Waals surface area contributed by atoms with E-state index in [9.17, 15) is 18.3 Å². The maximum absolute atomic E-state index is 13.4. The van der Waals surface area contributed by atoms with Crippen molar-refractivity contribution in [1.29, 1.82) is 0 Å². The second-order valence-electron chi connectivity index (χ2n) is 4.89. The summed E-state index contributed by atoms with van der Waals surface area (Å²) < 4.78 is 40.3. The minimum absolute atomic E-state index is 0. The van der Waals surface area contributed by atoms with Gasteiger partial charge in [0.25, 0.3) is 0 Å². The summed E-state index contributed by atoms with van der Waals surface area (Å²) in [7, 11) is 0. The highest BCUT2D eigenvalue weighted by Crippen LogP contribution is 2.43. The number of hydrogen-bond donors (Lipinski definition) is 2. The van der Waals surface area contributed by atoms with Crippen molar-refractivity contribution in [3.63, 3.8) is 0 Å². The van der Waals surface area contributed by atoms with Gasteiger partial charge >= 0.3 is 6.18 Å². The fourth-order valence-corrected chi connectivity index (χ4v) is 2.77. The van der Waals surface area contributed by atoms with Crippen LogP contribution in [0.25, 0.3) is 0 Å². The number of aromatic hydroxyl groups is 1. The van der Waals surface area contributed by atoms with E-state index in [1.165, 1.54) is 24.0 Å². The Bertz CT molecular complexity index is 491. The maximum atomic E-state index is 13.4. The van der Waals surface area contributed by atoms with Gasteiger partial charge in [-0.25, -0.2) is 0 Å². The summed E-state index contributed by atoms with van der Waals surface area (Å²) in [5.74, 6) is -0.338. The molecule has 8 heteroatoms. The predicted octanol–water partition coefficient (Wildman–Crippen LogP) is 3.28. The Morgan fingerprint density at radius 1 is 1.29 bits per heavy atom. The number of aryl methyl sites for hydroxylation is 1. The normalized spacial score (nSPS) is 18.1. The number of piperazine rings is 1. The Balaban J connectivity index is 0.00000220. The van der Waals surface area contributed by atoms with Crippen LogP contribution in [0.5, 0.6) is 5.75 Å². The summed E-state index contributed by atoms with van der Waals surface area (Å²) in [6, 6.07) is 0.817. The molecule has 1 aromatic rings. The van der Waals surface area contributed by atoms with Crippen molar-refractivity contribution in [3.05, 3.63) is 28.3 Å². The molecular formula is C13H17Cl2F3N2O. The Hall–Kier alpha value is -0.690. The zero-order valence-electron chi connectivity index (χ0n) is 11.4. The second-order valence-corrected chi connectivity index (χ2v) is 5.33. The lowest BCUT2D eigenvalue weighted by Gasteiger charge is -2.36. The highest BCUT2D eigenvalue weighted by Gasteiger charge is 2.46. The van der Waals surface area contributed by atoms with Crippen molar-refractivity contribution in [2.75, 3.05) is 26.2 Å². The van der Waals surface area contributed by atoms with Crippen molar-refractivity contribution in [3.8, 4) is 5.75 Å². The Kier molecular flexibility index (Phi) is 6.16. The van der Waals surface area contributed by atoms with Crippen LogP contribution < -0.4 is 5.32 Å². The standard InChI is InChI=1S/C13H16ClF3N2O.ClH/c1-8-6-9(14)7-10(11(8)20)12(13(15,16)17)19-4-2-18-3-5-19;/h6-7,12,18,20H,2-5H2,1H3;1H/t12-;/m1./s1. The third-order valence-electron chi connectivity index (χ3n) is 3.42. The molecule has 2 rings (SSSR count). The largest absolute Gasteiger partial charge is 0.507 e. The fraction of sp³-hybridized carbons (Fsp3) is 0.538. The first kappa shape index (κ1) is 18.4. The first-order valence-electron chi connectivity index (χ1n) is 6.31. The van der Waals surface area contributed by atoms with Crippen LogP contribution in [0.1, 0.15) is 17.2 Å². The molecular weight excluding hydrogens is 328 g/mol. The molecule has 1 saturated heterocycles. The van der Waals surface area contributed by atoms with Gasteiger partial charge < -0.3 is 10.4 Å². The molecule has 0 saturated carbocycles. The highest BCUT2D eigenvalue weighted by atomic mass is 35.5. The first-order chi connectivity index (χ1) is 9.30. The number of phenols is 1. The quantitative estimate of drug-likeness (QED) is 0.864. The van der Waals surface area contributed by atoms with Gasteiger partial charge in [-0.1, -0.05) is 11.6 Å². The molecule has 120 valence electrons. The number of benzene rings is 1. The van der Waals surface area contributed by atoms with Crippen molar-refractivity contribution in [2.45, 2.75) is 19.1 Å². The van der Waals surface area contributed by atoms with Gasteiger partial charge in [-0.2, -0.15) is 13.2 Å². The molecule has 1 aliphatic heterocycles. The number of alkyl halides is 3. The SMILES string of the molecule is Cc1cc(Cl)cc([C@@H](N2CCNCC2)C(F)(F)F)c1O.Cl. The number of rotatable bonds is 2. The van der Waals surface area contributed by atoms with E-state index in [-0.39, 0.29) is 41.8 Å². The Morgan fingerprint density at radius 2 is 1.86 bits per heavy atom. The number of phenolic OH excluding ortho intramolecular Hbond substituents is 1. The maximum Gasteiger partial charge on any atom is 0.408 e. The molecule has 1 fully saturated rings. The lowest BCUT2D eigenvalue weighted by molar-refractivity contribution is -0.188. The molecule has 1 aliphatic rings. The smallest absolute Gasteiger partial charge is 0.408 e. The predicted molar refractivity (Wildman–Crippen MR) is 78.3 cm³/mol. The van der Waals surface area contributed by atoms with Crippen LogP contribution in [-0.2, 0) is 0 Å². The van der Waals surface area contributed by atoms with E-state index < -0.39 is 12.2 Å². The average Bonchev–Trinajstić information content (AvgIpc) is 2.35. The van der Waals surface area contributed by atoms with Crippen molar-refractivity contribution in [2.24, 2.45) is 0 Å². The molecule has 0 radical (unpaired) electrons. The number of nitrogens with one attached hydrogen (secondary N) is 1. The van der Waals surface area contributed by atoms with Gasteiger partial charge in [0.15, 0.2) is 0 Å². The van der Waals surface area contributed by atoms with Crippen LogP contribution in [0.3, 0.4) is 0 Å². The van der Waals surface area contributed by atoms with E-state index in [2.05, 4.69) is 5.32 Å². The van der Waals surface area contributed by atoms with E-state index in [1.807, 2.05) is 0 Å². The van der Waals surface area contributed by atoms with Crippen molar-refractivity contribution < 1.29 is 18.3 Å². The summed E-state index contributed by atoms with van der Waals surface area (Å²) in [5.41, 5.74) is 0.168. The van der Waals surface area contributed by atoms with Crippen LogP contribution in [0, 0.1) is 6.92 Å². The van der Waals surface area contributed by atoms with Gasteiger partial charge in [0.05, 0.1) is 0 Å². The van der Waals surface area contributed by atoms with Gasteiger partial charge in [0.2, 0.25) is 0 Å². The molecule has 21 heavy (non-hydrogen) atoms. The van der Waals surface area contributed by atoms with Gasteiger partial charge in [0.1, 0.15) is 11.8 Å². The Morgan fingerprint density at radius 3 is 2.38 bits per heavy atom. The Labute approximate surface area is 132 Å². The number of halogens is 5. The summed E-state index contributed by atoms with van der Waals surface area (Å²) in [5, 5.41) is 13.2. The molecule has 1 heterocycles. The number of hydrogen-bond acceptors (Lipinski definition) is 3. The highest BCUT2D eigenvalue weighted by molar-refractivity contribution is 6.30. The van der Waals surface area contributed by atoms with Gasteiger partial charge in [0, 0.05) is 36.8 Å². The second kappa shape index (κ2) is 7.05. The number of nitrogens with zero attached hydrogens (tertiary/aromatic N) is 1. The lowest BCUT2D eigenvalue weighted by atomic mass is 10.00. The van der Waals surface area contributed by atoms with Crippen LogP contribution in [0.15, 0.2) is 12.1 Å². The minimum atomic E-state index is -4.47. The van der Waals surface area contributed by atoms with Crippen molar-refractivity contribution in [1.82, 2.24) is 10.2 Å². The zero-order valence-corrected chi connectivity index (χ0v) is 12.9. The molecule has 0 aromatic heterocycles. The van der Waals surface area contributed by atoms with Crippen LogP contribution in [0.2, 0.25) is 5.02 Å². The molecule has 1 atom stereocenters. The summed E-state index contributed by atoms with van der Waals surface area (Å²) >= 11 is 5.85. The third kappa shape index (κ3) is 4.16. The molecule has 2 N–H and O–H groups in total. The molecule has 3 nitrogen and oxygen atoms in total. The van der Waals surface area contributed by atoms with Gasteiger partial charge in [-0.05, 0) is 24.6 Å². The first-order valence-corrected chi connectivity index (χ1v) is 6.69. The van der Waals surface area contributed by atoms with E-state index >= 15 is 0 Å². The minimum Gasteiger partial charge on any atom is -0.507 e.